The first-order chi connectivity index (χ1) is 9.52. The zero-order valence-electron chi connectivity index (χ0n) is 11.4. The molecule has 0 bridgehead atoms. The van der Waals surface area contributed by atoms with E-state index in [9.17, 15) is 9.18 Å². The van der Waals surface area contributed by atoms with E-state index in [1.54, 1.807) is 25.3 Å². The Morgan fingerprint density at radius 3 is 2.80 bits per heavy atom. The minimum absolute atomic E-state index is 0.0915. The summed E-state index contributed by atoms with van der Waals surface area (Å²) in [7, 11) is 0. The van der Waals surface area contributed by atoms with Crippen LogP contribution >= 0.6 is 0 Å². The zero-order valence-corrected chi connectivity index (χ0v) is 11.4. The van der Waals surface area contributed by atoms with E-state index in [1.165, 1.54) is 0 Å². The van der Waals surface area contributed by atoms with Gasteiger partial charge in [-0.3, -0.25) is 4.79 Å². The van der Waals surface area contributed by atoms with Crippen molar-refractivity contribution < 1.29 is 13.6 Å². The second kappa shape index (κ2) is 5.77. The lowest BCUT2D eigenvalue weighted by Gasteiger charge is -2.18. The molecule has 0 radical (unpaired) electrons. The number of hydrogen-bond acceptors (Lipinski definition) is 3. The average molecular weight is 276 g/mol. The molecule has 1 atom stereocenters. The first-order valence-electron chi connectivity index (χ1n) is 6.42. The van der Waals surface area contributed by atoms with Crippen LogP contribution in [0.4, 0.5) is 10.1 Å². The fraction of sp³-hybridized carbons (Fsp3) is 0.267. The zero-order chi connectivity index (χ0) is 14.7. The predicted octanol–water partition coefficient (Wildman–Crippen LogP) is 3.39. The van der Waals surface area contributed by atoms with Gasteiger partial charge in [0.1, 0.15) is 11.6 Å². The Morgan fingerprint density at radius 2 is 2.25 bits per heavy atom. The summed E-state index contributed by atoms with van der Waals surface area (Å²) in [5.74, 6) is -0.354. The summed E-state index contributed by atoms with van der Waals surface area (Å²) >= 11 is 0. The molecular formula is C15H17FN2O2. The number of nitrogens with one attached hydrogen (secondary N) is 1. The van der Waals surface area contributed by atoms with Crippen molar-refractivity contribution >= 4 is 11.6 Å². The molecule has 0 aliphatic carbocycles. The van der Waals surface area contributed by atoms with Crippen LogP contribution in [0.25, 0.3) is 0 Å². The van der Waals surface area contributed by atoms with E-state index < -0.39 is 11.7 Å². The maximum atomic E-state index is 13.8. The van der Waals surface area contributed by atoms with E-state index in [0.717, 1.165) is 18.2 Å². The SMILES string of the molecule is CCC(Nc1cc(C(N)=O)cc(F)c1C)c1ccco1. The number of amides is 1. The minimum atomic E-state index is -0.655. The van der Waals surface area contributed by atoms with Crippen LogP contribution in [0.3, 0.4) is 0 Å². The minimum Gasteiger partial charge on any atom is -0.467 e. The Morgan fingerprint density at radius 1 is 1.50 bits per heavy atom. The van der Waals surface area contributed by atoms with Crippen LogP contribution in [0.5, 0.6) is 0 Å². The van der Waals surface area contributed by atoms with Gasteiger partial charge in [0.05, 0.1) is 12.3 Å². The van der Waals surface area contributed by atoms with Gasteiger partial charge < -0.3 is 15.5 Å². The van der Waals surface area contributed by atoms with Crippen molar-refractivity contribution in [3.8, 4) is 0 Å². The number of benzene rings is 1. The highest BCUT2D eigenvalue weighted by Crippen LogP contribution is 2.27. The van der Waals surface area contributed by atoms with Gasteiger partial charge in [-0.05, 0) is 37.6 Å². The summed E-state index contributed by atoms with van der Waals surface area (Å²) in [6, 6.07) is 6.27. The van der Waals surface area contributed by atoms with Gasteiger partial charge in [0.15, 0.2) is 0 Å². The molecule has 2 aromatic rings. The summed E-state index contributed by atoms with van der Waals surface area (Å²) in [5.41, 5.74) is 6.34. The number of halogens is 1. The highest BCUT2D eigenvalue weighted by atomic mass is 19.1. The number of primary amides is 1. The number of hydrogen-bond donors (Lipinski definition) is 2. The summed E-state index contributed by atoms with van der Waals surface area (Å²) in [6.45, 7) is 3.64. The molecule has 106 valence electrons. The van der Waals surface area contributed by atoms with E-state index in [-0.39, 0.29) is 11.6 Å². The van der Waals surface area contributed by atoms with Gasteiger partial charge >= 0.3 is 0 Å². The van der Waals surface area contributed by atoms with Gasteiger partial charge in [-0.2, -0.15) is 0 Å². The van der Waals surface area contributed by atoms with Crippen LogP contribution in [0, 0.1) is 12.7 Å². The van der Waals surface area contributed by atoms with Crippen molar-refractivity contribution in [1.29, 1.82) is 0 Å². The van der Waals surface area contributed by atoms with E-state index in [2.05, 4.69) is 5.32 Å². The number of carbonyl (C=O) groups excluding carboxylic acids is 1. The van der Waals surface area contributed by atoms with Crippen molar-refractivity contribution in [2.24, 2.45) is 5.73 Å². The molecular weight excluding hydrogens is 259 g/mol. The van der Waals surface area contributed by atoms with Crippen molar-refractivity contribution in [2.75, 3.05) is 5.32 Å². The van der Waals surface area contributed by atoms with Crippen LogP contribution < -0.4 is 11.1 Å². The average Bonchev–Trinajstić information content (AvgIpc) is 2.93. The number of furan rings is 1. The third-order valence-corrected chi connectivity index (χ3v) is 3.25. The van der Waals surface area contributed by atoms with Crippen LogP contribution in [0.15, 0.2) is 34.9 Å². The fourth-order valence-electron chi connectivity index (χ4n) is 2.02. The van der Waals surface area contributed by atoms with Gasteiger partial charge in [0.2, 0.25) is 5.91 Å². The number of rotatable bonds is 5. The van der Waals surface area contributed by atoms with Gasteiger partial charge in [-0.25, -0.2) is 4.39 Å². The van der Waals surface area contributed by atoms with E-state index in [1.807, 2.05) is 13.0 Å². The molecule has 1 heterocycles. The summed E-state index contributed by atoms with van der Waals surface area (Å²) in [4.78, 5) is 11.2. The summed E-state index contributed by atoms with van der Waals surface area (Å²) in [5, 5.41) is 3.19. The molecule has 5 heteroatoms. The lowest BCUT2D eigenvalue weighted by Crippen LogP contribution is -2.15. The molecule has 3 N–H and O–H groups in total. The number of carbonyl (C=O) groups is 1. The molecule has 2 rings (SSSR count). The van der Waals surface area contributed by atoms with Gasteiger partial charge in [0, 0.05) is 16.8 Å². The molecule has 4 nitrogen and oxygen atoms in total. The standard InChI is InChI=1S/C15H17FN2O2/c1-3-12(14-5-4-6-20-14)18-13-8-10(15(17)19)7-11(16)9(13)2/h4-8,12,18H,3H2,1-2H3,(H2,17,19). The van der Waals surface area contributed by atoms with E-state index in [0.29, 0.717) is 11.3 Å². The molecule has 0 aliphatic heterocycles. The molecule has 1 aromatic carbocycles. The lowest BCUT2D eigenvalue weighted by atomic mass is 10.1. The second-order valence-electron chi connectivity index (χ2n) is 4.62. The monoisotopic (exact) mass is 276 g/mol. The van der Waals surface area contributed by atoms with Gasteiger partial charge in [-0.15, -0.1) is 0 Å². The Labute approximate surface area is 116 Å². The summed E-state index contributed by atoms with van der Waals surface area (Å²) < 4.78 is 19.2. The molecule has 0 aliphatic rings. The lowest BCUT2D eigenvalue weighted by molar-refractivity contribution is 0.1000. The van der Waals surface area contributed by atoms with Crippen LogP contribution in [-0.4, -0.2) is 5.91 Å². The highest BCUT2D eigenvalue weighted by Gasteiger charge is 2.16. The fourth-order valence-corrected chi connectivity index (χ4v) is 2.02. The van der Waals surface area contributed by atoms with Gasteiger partial charge in [0.25, 0.3) is 0 Å². The number of anilines is 1. The molecule has 0 fully saturated rings. The molecule has 1 unspecified atom stereocenters. The largest absolute Gasteiger partial charge is 0.467 e. The highest BCUT2D eigenvalue weighted by molar-refractivity contribution is 5.94. The molecule has 0 saturated carbocycles. The van der Waals surface area contributed by atoms with Crippen LogP contribution in [0.2, 0.25) is 0 Å². The Kier molecular flexibility index (Phi) is 4.08. The first-order valence-corrected chi connectivity index (χ1v) is 6.42. The van der Waals surface area contributed by atoms with Crippen molar-refractivity contribution in [3.63, 3.8) is 0 Å². The van der Waals surface area contributed by atoms with Crippen LogP contribution in [0.1, 0.15) is 41.1 Å². The van der Waals surface area contributed by atoms with Crippen molar-refractivity contribution in [2.45, 2.75) is 26.3 Å². The van der Waals surface area contributed by atoms with Crippen LogP contribution in [-0.2, 0) is 0 Å². The molecule has 0 saturated heterocycles. The molecule has 20 heavy (non-hydrogen) atoms. The van der Waals surface area contributed by atoms with E-state index in [4.69, 9.17) is 10.2 Å². The predicted molar refractivity (Wildman–Crippen MR) is 75.0 cm³/mol. The Balaban J connectivity index is 2.34. The molecule has 0 spiro atoms. The second-order valence-corrected chi connectivity index (χ2v) is 4.62. The maximum absolute atomic E-state index is 13.8. The first kappa shape index (κ1) is 14.1. The quantitative estimate of drug-likeness (QED) is 0.879. The van der Waals surface area contributed by atoms with E-state index >= 15 is 0 Å². The smallest absolute Gasteiger partial charge is 0.248 e. The third-order valence-electron chi connectivity index (χ3n) is 3.25. The molecule has 1 amide bonds. The van der Waals surface area contributed by atoms with Gasteiger partial charge in [-0.1, -0.05) is 6.92 Å². The maximum Gasteiger partial charge on any atom is 0.248 e. The Bertz CT molecular complexity index is 609. The molecule has 1 aromatic heterocycles. The normalized spacial score (nSPS) is 12.2. The summed E-state index contributed by atoms with van der Waals surface area (Å²) in [6.07, 6.45) is 2.35. The topological polar surface area (TPSA) is 68.3 Å². The third kappa shape index (κ3) is 2.82. The van der Waals surface area contributed by atoms with Crippen molar-refractivity contribution in [1.82, 2.24) is 0 Å². The van der Waals surface area contributed by atoms with Crippen molar-refractivity contribution in [3.05, 3.63) is 53.2 Å². The Hall–Kier alpha value is -2.30. The number of nitrogens with two attached hydrogens (primary N) is 1.